The van der Waals surface area contributed by atoms with Crippen molar-refractivity contribution in [1.29, 1.82) is 0 Å². The Balaban J connectivity index is 1.76. The van der Waals surface area contributed by atoms with Gasteiger partial charge in [-0.3, -0.25) is 4.68 Å². The molecule has 0 unspecified atom stereocenters. The van der Waals surface area contributed by atoms with Crippen LogP contribution in [0.2, 0.25) is 0 Å². The summed E-state index contributed by atoms with van der Waals surface area (Å²) in [6, 6.07) is 10.6. The van der Waals surface area contributed by atoms with Crippen molar-refractivity contribution in [3.63, 3.8) is 0 Å². The molecule has 0 spiro atoms. The second kappa shape index (κ2) is 7.96. The molecule has 4 nitrogen and oxygen atoms in total. The number of aryl methyl sites for hydroxylation is 2. The zero-order valence-electron chi connectivity index (χ0n) is 13.0. The van der Waals surface area contributed by atoms with Gasteiger partial charge in [0.25, 0.3) is 0 Å². The van der Waals surface area contributed by atoms with Crippen molar-refractivity contribution in [2.45, 2.75) is 39.8 Å². The van der Waals surface area contributed by atoms with Crippen LogP contribution in [-0.4, -0.2) is 28.0 Å². The molecule has 0 amide bonds. The van der Waals surface area contributed by atoms with E-state index < -0.39 is 0 Å². The summed E-state index contributed by atoms with van der Waals surface area (Å²) in [5.41, 5.74) is 4.85. The lowest BCUT2D eigenvalue weighted by Crippen LogP contribution is -2.16. The fraction of sp³-hybridized carbons (Fsp3) is 0.471. The lowest BCUT2D eigenvalue weighted by molar-refractivity contribution is 0.267. The minimum Gasteiger partial charge on any atom is -0.394 e. The van der Waals surface area contributed by atoms with E-state index in [1.54, 1.807) is 0 Å². The van der Waals surface area contributed by atoms with Gasteiger partial charge in [-0.15, -0.1) is 0 Å². The Morgan fingerprint density at radius 1 is 1.19 bits per heavy atom. The summed E-state index contributed by atoms with van der Waals surface area (Å²) in [4.78, 5) is 0. The molecule has 0 atom stereocenters. The van der Waals surface area contributed by atoms with Crippen molar-refractivity contribution in [1.82, 2.24) is 15.1 Å². The summed E-state index contributed by atoms with van der Waals surface area (Å²) in [6.07, 6.45) is 2.24. The number of aliphatic hydroxyl groups is 1. The van der Waals surface area contributed by atoms with Gasteiger partial charge in [0.1, 0.15) is 0 Å². The van der Waals surface area contributed by atoms with Gasteiger partial charge in [0.05, 0.1) is 18.8 Å². The molecule has 0 saturated heterocycles. The van der Waals surface area contributed by atoms with Gasteiger partial charge in [0.2, 0.25) is 0 Å². The molecule has 21 heavy (non-hydrogen) atoms. The van der Waals surface area contributed by atoms with Gasteiger partial charge in [-0.05, 0) is 38.8 Å². The molecule has 0 radical (unpaired) electrons. The second-order valence-electron chi connectivity index (χ2n) is 5.36. The van der Waals surface area contributed by atoms with Gasteiger partial charge in [-0.2, -0.15) is 5.10 Å². The maximum atomic E-state index is 9.02. The summed E-state index contributed by atoms with van der Waals surface area (Å²) < 4.78 is 1.89. The zero-order valence-corrected chi connectivity index (χ0v) is 13.0. The molecule has 114 valence electrons. The van der Waals surface area contributed by atoms with Crippen LogP contribution < -0.4 is 5.32 Å². The maximum absolute atomic E-state index is 9.02. The minimum atomic E-state index is 0.131. The predicted molar refractivity (Wildman–Crippen MR) is 85.3 cm³/mol. The van der Waals surface area contributed by atoms with E-state index in [0.717, 1.165) is 37.3 Å². The Labute approximate surface area is 126 Å². The Morgan fingerprint density at radius 2 is 1.95 bits per heavy atom. The van der Waals surface area contributed by atoms with E-state index >= 15 is 0 Å². The molecule has 1 aromatic heterocycles. The number of aromatic nitrogens is 2. The average molecular weight is 287 g/mol. The van der Waals surface area contributed by atoms with Crippen LogP contribution in [0.25, 0.3) is 0 Å². The van der Waals surface area contributed by atoms with Crippen molar-refractivity contribution in [2.24, 2.45) is 0 Å². The van der Waals surface area contributed by atoms with E-state index in [1.807, 2.05) is 11.6 Å². The quantitative estimate of drug-likeness (QED) is 0.732. The van der Waals surface area contributed by atoms with Crippen LogP contribution in [0.1, 0.15) is 28.9 Å². The molecule has 2 rings (SSSR count). The highest BCUT2D eigenvalue weighted by Crippen LogP contribution is 2.12. The highest BCUT2D eigenvalue weighted by Gasteiger charge is 2.10. The summed E-state index contributed by atoms with van der Waals surface area (Å²) in [7, 11) is 0. The van der Waals surface area contributed by atoms with Crippen LogP contribution in [0.4, 0.5) is 0 Å². The third kappa shape index (κ3) is 4.41. The largest absolute Gasteiger partial charge is 0.394 e. The molecular weight excluding hydrogens is 262 g/mol. The van der Waals surface area contributed by atoms with Crippen molar-refractivity contribution >= 4 is 0 Å². The monoisotopic (exact) mass is 287 g/mol. The number of rotatable bonds is 8. The SMILES string of the molecule is Cc1nn(CCO)c(C)c1CNCCCc1ccccc1. The molecule has 4 heteroatoms. The lowest BCUT2D eigenvalue weighted by Gasteiger charge is -2.06. The van der Waals surface area contributed by atoms with Crippen molar-refractivity contribution in [3.05, 3.63) is 52.8 Å². The molecule has 0 aliphatic rings. The summed E-state index contributed by atoms with van der Waals surface area (Å²) >= 11 is 0. The highest BCUT2D eigenvalue weighted by atomic mass is 16.3. The first-order valence-corrected chi connectivity index (χ1v) is 7.60. The third-order valence-corrected chi connectivity index (χ3v) is 3.81. The Bertz CT molecular complexity index is 549. The van der Waals surface area contributed by atoms with E-state index in [2.05, 4.69) is 47.7 Å². The molecular formula is C17H25N3O. The molecule has 1 aromatic carbocycles. The number of hydrogen-bond acceptors (Lipinski definition) is 3. The smallest absolute Gasteiger partial charge is 0.0644 e. The number of hydrogen-bond donors (Lipinski definition) is 2. The van der Waals surface area contributed by atoms with Crippen molar-refractivity contribution < 1.29 is 5.11 Å². The third-order valence-electron chi connectivity index (χ3n) is 3.81. The van der Waals surface area contributed by atoms with Crippen LogP contribution in [0, 0.1) is 13.8 Å². The topological polar surface area (TPSA) is 50.1 Å². The maximum Gasteiger partial charge on any atom is 0.0644 e. The molecule has 0 aliphatic carbocycles. The Morgan fingerprint density at radius 3 is 2.67 bits per heavy atom. The fourth-order valence-electron chi connectivity index (χ4n) is 2.58. The standard InChI is InChI=1S/C17H25N3O/c1-14-17(15(2)20(19-14)11-12-21)13-18-10-6-9-16-7-4-3-5-8-16/h3-5,7-8,18,21H,6,9-13H2,1-2H3. The van der Waals surface area contributed by atoms with Crippen LogP contribution in [-0.2, 0) is 19.5 Å². The van der Waals surface area contributed by atoms with Crippen LogP contribution in [0.15, 0.2) is 30.3 Å². The van der Waals surface area contributed by atoms with E-state index in [0.29, 0.717) is 6.54 Å². The first-order valence-electron chi connectivity index (χ1n) is 7.60. The predicted octanol–water partition coefficient (Wildman–Crippen LogP) is 2.21. The van der Waals surface area contributed by atoms with Crippen LogP contribution in [0.5, 0.6) is 0 Å². The molecule has 2 aromatic rings. The molecule has 0 aliphatic heterocycles. The molecule has 0 bridgehead atoms. The van der Waals surface area contributed by atoms with Crippen molar-refractivity contribution in [2.75, 3.05) is 13.2 Å². The van der Waals surface area contributed by atoms with Gasteiger partial charge in [-0.25, -0.2) is 0 Å². The molecule has 1 heterocycles. The highest BCUT2D eigenvalue weighted by molar-refractivity contribution is 5.24. The van der Waals surface area contributed by atoms with Gasteiger partial charge >= 0.3 is 0 Å². The van der Waals surface area contributed by atoms with Crippen molar-refractivity contribution in [3.8, 4) is 0 Å². The Hall–Kier alpha value is -1.65. The Kier molecular flexibility index (Phi) is 5.96. The summed E-state index contributed by atoms with van der Waals surface area (Å²) in [6.45, 7) is 6.64. The van der Waals surface area contributed by atoms with Crippen LogP contribution >= 0.6 is 0 Å². The molecule has 0 saturated carbocycles. The minimum absolute atomic E-state index is 0.131. The first-order chi connectivity index (χ1) is 10.2. The van der Waals surface area contributed by atoms with Gasteiger partial charge < -0.3 is 10.4 Å². The zero-order chi connectivity index (χ0) is 15.1. The number of aliphatic hydroxyl groups excluding tert-OH is 1. The fourth-order valence-corrected chi connectivity index (χ4v) is 2.58. The summed E-state index contributed by atoms with van der Waals surface area (Å²) in [5.74, 6) is 0. The van der Waals surface area contributed by atoms with Gasteiger partial charge in [-0.1, -0.05) is 30.3 Å². The van der Waals surface area contributed by atoms with Gasteiger partial charge in [0, 0.05) is 17.8 Å². The van der Waals surface area contributed by atoms with Gasteiger partial charge in [0.15, 0.2) is 0 Å². The van der Waals surface area contributed by atoms with E-state index in [-0.39, 0.29) is 6.61 Å². The number of nitrogens with one attached hydrogen (secondary N) is 1. The molecule has 2 N–H and O–H groups in total. The number of nitrogens with zero attached hydrogens (tertiary/aromatic N) is 2. The average Bonchev–Trinajstić information content (AvgIpc) is 2.76. The van der Waals surface area contributed by atoms with E-state index in [1.165, 1.54) is 11.1 Å². The summed E-state index contributed by atoms with van der Waals surface area (Å²) in [5, 5.41) is 17.0. The van der Waals surface area contributed by atoms with E-state index in [9.17, 15) is 0 Å². The van der Waals surface area contributed by atoms with Crippen LogP contribution in [0.3, 0.4) is 0 Å². The van der Waals surface area contributed by atoms with E-state index in [4.69, 9.17) is 5.11 Å². The molecule has 0 fully saturated rings. The lowest BCUT2D eigenvalue weighted by atomic mass is 10.1. The number of benzene rings is 1. The first kappa shape index (κ1) is 15.7. The second-order valence-corrected chi connectivity index (χ2v) is 5.36. The normalized spacial score (nSPS) is 11.0.